The molecule has 0 bridgehead atoms. The van der Waals surface area contributed by atoms with Gasteiger partial charge in [0.25, 0.3) is 0 Å². The molecule has 2 N–H and O–H groups in total. The largest absolute Gasteiger partial charge is 0.449 e. The first-order chi connectivity index (χ1) is 15.7. The van der Waals surface area contributed by atoms with Crippen LogP contribution in [0.3, 0.4) is 0 Å². The lowest BCUT2D eigenvalue weighted by Crippen LogP contribution is -2.26. The number of hydrogen-bond acceptors (Lipinski definition) is 4. The first-order valence-electron chi connectivity index (χ1n) is 11.0. The minimum Gasteiger partial charge on any atom is -0.449 e. The monoisotopic (exact) mass is 435 g/mol. The van der Waals surface area contributed by atoms with Crippen molar-refractivity contribution in [1.29, 1.82) is 0 Å². The van der Waals surface area contributed by atoms with Crippen LogP contribution < -0.4 is 4.90 Å². The molecule has 0 radical (unpaired) electrons. The van der Waals surface area contributed by atoms with E-state index < -0.39 is 0 Å². The molecule has 2 aromatic carbocycles. The Bertz CT molecular complexity index is 795. The summed E-state index contributed by atoms with van der Waals surface area (Å²) in [5.74, 6) is 11.4. The third-order valence-electron chi connectivity index (χ3n) is 4.14. The number of hydrogen-bond donors (Lipinski definition) is 2. The molecule has 2 rings (SSSR count). The lowest BCUT2D eigenvalue weighted by Gasteiger charge is -2.21. The number of benzene rings is 2. The number of aliphatic hydroxyl groups excluding tert-OH is 2. The smallest absolute Gasteiger partial charge is 0.418 e. The van der Waals surface area contributed by atoms with Gasteiger partial charge in [-0.3, -0.25) is 0 Å². The highest BCUT2D eigenvalue weighted by atomic mass is 16.6. The molecule has 0 aliphatic heterocycles. The van der Waals surface area contributed by atoms with Crippen LogP contribution >= 0.6 is 0 Å². The van der Waals surface area contributed by atoms with Gasteiger partial charge in [-0.1, -0.05) is 48.2 Å². The molecule has 0 spiro atoms. The number of nitrogens with zero attached hydrogens (tertiary/aromatic N) is 1. The molecule has 5 heteroatoms. The van der Waals surface area contributed by atoms with E-state index in [1.165, 1.54) is 0 Å². The fourth-order valence-corrected chi connectivity index (χ4v) is 2.57. The van der Waals surface area contributed by atoms with Gasteiger partial charge in [-0.05, 0) is 68.7 Å². The molecule has 0 aromatic heterocycles. The van der Waals surface area contributed by atoms with Crippen molar-refractivity contribution in [3.05, 3.63) is 60.7 Å². The van der Waals surface area contributed by atoms with Gasteiger partial charge in [0.15, 0.2) is 0 Å². The number of rotatable bonds is 9. The molecule has 0 heterocycles. The average Bonchev–Trinajstić information content (AvgIpc) is 2.82. The molecular formula is C27H33NO4. The Morgan fingerprint density at radius 2 is 1.22 bits per heavy atom. The van der Waals surface area contributed by atoms with Crippen molar-refractivity contribution in [2.45, 2.75) is 45.4 Å². The van der Waals surface area contributed by atoms with E-state index in [0.29, 0.717) is 6.61 Å². The van der Waals surface area contributed by atoms with Crippen LogP contribution in [0.15, 0.2) is 60.7 Å². The van der Waals surface area contributed by atoms with Gasteiger partial charge in [0.1, 0.15) is 0 Å². The van der Waals surface area contributed by atoms with E-state index in [0.717, 1.165) is 49.9 Å². The van der Waals surface area contributed by atoms with E-state index in [4.69, 9.17) is 14.9 Å². The number of carbonyl (C=O) groups excluding carboxylic acids is 1. The lowest BCUT2D eigenvalue weighted by molar-refractivity contribution is 0.162. The molecule has 0 aliphatic carbocycles. The van der Waals surface area contributed by atoms with Crippen molar-refractivity contribution < 1.29 is 19.7 Å². The number of aliphatic hydroxyl groups is 2. The molecule has 0 atom stereocenters. The quantitative estimate of drug-likeness (QED) is 0.414. The van der Waals surface area contributed by atoms with E-state index in [9.17, 15) is 4.79 Å². The number of carbonyl (C=O) groups is 1. The summed E-state index contributed by atoms with van der Waals surface area (Å²) in [5, 5.41) is 17.0. The fraction of sp³-hybridized carbons (Fsp3) is 0.370. The molecule has 170 valence electrons. The summed E-state index contributed by atoms with van der Waals surface area (Å²) >= 11 is 0. The van der Waals surface area contributed by atoms with Crippen molar-refractivity contribution in [2.75, 3.05) is 24.7 Å². The van der Waals surface area contributed by atoms with Crippen molar-refractivity contribution in [3.8, 4) is 23.7 Å². The number of amides is 1. The predicted molar refractivity (Wildman–Crippen MR) is 129 cm³/mol. The van der Waals surface area contributed by atoms with Crippen molar-refractivity contribution in [2.24, 2.45) is 0 Å². The number of unbranched alkanes of at least 4 members (excludes halogenated alkanes) is 4. The van der Waals surface area contributed by atoms with E-state index >= 15 is 0 Å². The SMILES string of the molecule is CCOC(=O)N(c1ccccc1)c1ccccc1.OCCCCC#CC#CCCCCO. The van der Waals surface area contributed by atoms with E-state index in [1.807, 2.05) is 60.7 Å². The molecule has 0 aliphatic rings. The minimum atomic E-state index is -0.366. The molecule has 0 unspecified atom stereocenters. The van der Waals surface area contributed by atoms with Crippen LogP contribution in [0.5, 0.6) is 0 Å². The highest BCUT2D eigenvalue weighted by Gasteiger charge is 2.18. The molecular weight excluding hydrogens is 402 g/mol. The first kappa shape index (κ1) is 26.8. The number of para-hydroxylation sites is 2. The van der Waals surface area contributed by atoms with Gasteiger partial charge >= 0.3 is 6.09 Å². The van der Waals surface area contributed by atoms with Gasteiger partial charge in [-0.15, -0.1) is 0 Å². The maximum Gasteiger partial charge on any atom is 0.418 e. The summed E-state index contributed by atoms with van der Waals surface area (Å²) in [7, 11) is 0. The van der Waals surface area contributed by atoms with E-state index in [2.05, 4.69) is 23.7 Å². The number of ether oxygens (including phenoxy) is 1. The van der Waals surface area contributed by atoms with Gasteiger partial charge in [0.2, 0.25) is 0 Å². The van der Waals surface area contributed by atoms with Crippen LogP contribution in [0.4, 0.5) is 16.2 Å². The van der Waals surface area contributed by atoms with E-state index in [-0.39, 0.29) is 19.3 Å². The topological polar surface area (TPSA) is 70.0 Å². The molecule has 5 nitrogen and oxygen atoms in total. The normalized spacial score (nSPS) is 9.22. The Morgan fingerprint density at radius 1 is 0.781 bits per heavy atom. The Kier molecular flexibility index (Phi) is 15.5. The van der Waals surface area contributed by atoms with Crippen LogP contribution in [0.2, 0.25) is 0 Å². The van der Waals surface area contributed by atoms with Crippen LogP contribution in [0.25, 0.3) is 0 Å². The highest BCUT2D eigenvalue weighted by molar-refractivity contribution is 5.95. The Hall–Kier alpha value is -3.25. The average molecular weight is 436 g/mol. The van der Waals surface area contributed by atoms with Crippen LogP contribution in [-0.4, -0.2) is 36.1 Å². The van der Waals surface area contributed by atoms with Crippen molar-refractivity contribution in [1.82, 2.24) is 0 Å². The maximum absolute atomic E-state index is 12.0. The zero-order valence-corrected chi connectivity index (χ0v) is 18.8. The standard InChI is InChI=1S/C15H15NO2.C12H18O2/c1-2-18-15(17)16(13-9-5-3-6-10-13)14-11-7-4-8-12-14;13-11-9-7-5-3-1-2-4-6-8-10-12-14/h3-12H,2H2,1H3;13-14H,5-12H2. The summed E-state index contributed by atoms with van der Waals surface area (Å²) in [6, 6.07) is 18.9. The zero-order chi connectivity index (χ0) is 23.3. The third kappa shape index (κ3) is 11.8. The Balaban J connectivity index is 0.000000333. The highest BCUT2D eigenvalue weighted by Crippen LogP contribution is 2.25. The summed E-state index contributed by atoms with van der Waals surface area (Å²) in [6.07, 6.45) is 4.77. The molecule has 32 heavy (non-hydrogen) atoms. The van der Waals surface area contributed by atoms with Gasteiger partial charge in [0.05, 0.1) is 18.0 Å². The second-order valence-corrected chi connectivity index (χ2v) is 6.67. The molecule has 0 saturated heterocycles. The molecule has 2 aromatic rings. The summed E-state index contributed by atoms with van der Waals surface area (Å²) in [5.41, 5.74) is 1.59. The summed E-state index contributed by atoms with van der Waals surface area (Å²) < 4.78 is 5.10. The Morgan fingerprint density at radius 3 is 1.59 bits per heavy atom. The molecule has 1 amide bonds. The lowest BCUT2D eigenvalue weighted by atomic mass is 10.2. The fourth-order valence-electron chi connectivity index (χ4n) is 2.57. The van der Waals surface area contributed by atoms with Gasteiger partial charge in [-0.2, -0.15) is 0 Å². The van der Waals surface area contributed by atoms with Gasteiger partial charge in [-0.25, -0.2) is 9.69 Å². The maximum atomic E-state index is 12.0. The van der Waals surface area contributed by atoms with Crippen LogP contribution in [0.1, 0.15) is 45.4 Å². The predicted octanol–water partition coefficient (Wildman–Crippen LogP) is 5.30. The van der Waals surface area contributed by atoms with Crippen LogP contribution in [-0.2, 0) is 4.74 Å². The van der Waals surface area contributed by atoms with Crippen molar-refractivity contribution >= 4 is 17.5 Å². The molecule has 0 fully saturated rings. The van der Waals surface area contributed by atoms with Gasteiger partial charge in [0, 0.05) is 26.1 Å². The summed E-state index contributed by atoms with van der Waals surface area (Å²) in [4.78, 5) is 13.6. The second-order valence-electron chi connectivity index (χ2n) is 6.67. The second kappa shape index (κ2) is 18.5. The summed E-state index contributed by atoms with van der Waals surface area (Å²) in [6.45, 7) is 2.64. The Labute approximate surface area is 192 Å². The van der Waals surface area contributed by atoms with E-state index in [1.54, 1.807) is 11.8 Å². The molecule has 0 saturated carbocycles. The first-order valence-corrected chi connectivity index (χ1v) is 11.0. The van der Waals surface area contributed by atoms with Crippen molar-refractivity contribution in [3.63, 3.8) is 0 Å². The van der Waals surface area contributed by atoms with Gasteiger partial charge < -0.3 is 14.9 Å². The number of anilines is 2. The third-order valence-corrected chi connectivity index (χ3v) is 4.14. The minimum absolute atomic E-state index is 0.245. The van der Waals surface area contributed by atoms with Crippen LogP contribution in [0, 0.1) is 23.7 Å². The zero-order valence-electron chi connectivity index (χ0n) is 18.8.